The molecule has 0 aliphatic rings. The van der Waals surface area contributed by atoms with Crippen LogP contribution in [0.1, 0.15) is 5.69 Å². The number of ether oxygens (including phenoxy) is 1. The molecule has 0 atom stereocenters. The third-order valence-electron chi connectivity index (χ3n) is 2.21. The summed E-state index contributed by atoms with van der Waals surface area (Å²) in [5, 5.41) is 9.98. The van der Waals surface area contributed by atoms with E-state index in [9.17, 15) is 0 Å². The van der Waals surface area contributed by atoms with Crippen LogP contribution in [0.2, 0.25) is 0 Å². The standard InChI is InChI=1S/C11H14N4O/c1-16-11-5-8(12)4-10(6-11)13-7-9-2-3-14-15-9/h2-6,13H,7,12H2,1H3,(H,14,15). The minimum atomic E-state index is 0.673. The molecule has 0 saturated heterocycles. The monoisotopic (exact) mass is 218 g/mol. The van der Waals surface area contributed by atoms with Crippen LogP contribution < -0.4 is 15.8 Å². The Kier molecular flexibility index (Phi) is 2.95. The van der Waals surface area contributed by atoms with Crippen LogP contribution in [0, 0.1) is 0 Å². The average Bonchev–Trinajstić information content (AvgIpc) is 2.78. The molecule has 5 heteroatoms. The third-order valence-corrected chi connectivity index (χ3v) is 2.21. The van der Waals surface area contributed by atoms with Gasteiger partial charge in [0.05, 0.1) is 19.3 Å². The van der Waals surface area contributed by atoms with E-state index in [1.165, 1.54) is 0 Å². The summed E-state index contributed by atoms with van der Waals surface area (Å²) in [5.41, 5.74) is 8.35. The molecule has 4 N–H and O–H groups in total. The van der Waals surface area contributed by atoms with Crippen molar-refractivity contribution in [1.29, 1.82) is 0 Å². The quantitative estimate of drug-likeness (QED) is 0.681. The topological polar surface area (TPSA) is 76.0 Å². The summed E-state index contributed by atoms with van der Waals surface area (Å²) >= 11 is 0. The maximum absolute atomic E-state index is 5.74. The normalized spacial score (nSPS) is 10.1. The summed E-state index contributed by atoms with van der Waals surface area (Å²) < 4.78 is 5.13. The van der Waals surface area contributed by atoms with Gasteiger partial charge in [0.2, 0.25) is 0 Å². The Hall–Kier alpha value is -2.17. The van der Waals surface area contributed by atoms with Crippen molar-refractivity contribution in [2.45, 2.75) is 6.54 Å². The number of nitrogen functional groups attached to an aromatic ring is 1. The Morgan fingerprint density at radius 2 is 2.31 bits per heavy atom. The van der Waals surface area contributed by atoms with Gasteiger partial charge >= 0.3 is 0 Å². The van der Waals surface area contributed by atoms with Gasteiger partial charge in [0, 0.05) is 29.7 Å². The number of nitrogens with one attached hydrogen (secondary N) is 2. The lowest BCUT2D eigenvalue weighted by molar-refractivity contribution is 0.415. The van der Waals surface area contributed by atoms with E-state index < -0.39 is 0 Å². The third kappa shape index (κ3) is 2.44. The Balaban J connectivity index is 2.06. The Morgan fingerprint density at radius 3 is 3.00 bits per heavy atom. The number of nitrogens with zero attached hydrogens (tertiary/aromatic N) is 1. The molecule has 1 heterocycles. The van der Waals surface area contributed by atoms with Gasteiger partial charge in [0.25, 0.3) is 0 Å². The second-order valence-electron chi connectivity index (χ2n) is 3.43. The molecule has 0 spiro atoms. The van der Waals surface area contributed by atoms with Gasteiger partial charge in [-0.05, 0) is 12.1 Å². The van der Waals surface area contributed by atoms with Gasteiger partial charge in [0.15, 0.2) is 0 Å². The molecule has 16 heavy (non-hydrogen) atoms. The number of hydrogen-bond donors (Lipinski definition) is 3. The number of rotatable bonds is 4. The summed E-state index contributed by atoms with van der Waals surface area (Å²) in [5.74, 6) is 0.743. The summed E-state index contributed by atoms with van der Waals surface area (Å²) in [6.45, 7) is 0.673. The summed E-state index contributed by atoms with van der Waals surface area (Å²) in [6, 6.07) is 7.45. The lowest BCUT2D eigenvalue weighted by atomic mass is 10.2. The minimum absolute atomic E-state index is 0.673. The van der Waals surface area contributed by atoms with E-state index in [1.807, 2.05) is 18.2 Å². The van der Waals surface area contributed by atoms with Gasteiger partial charge in [-0.15, -0.1) is 0 Å². The van der Waals surface area contributed by atoms with Gasteiger partial charge in [0.1, 0.15) is 5.75 Å². The lowest BCUT2D eigenvalue weighted by Gasteiger charge is -2.08. The second kappa shape index (κ2) is 4.57. The number of anilines is 2. The highest BCUT2D eigenvalue weighted by Crippen LogP contribution is 2.22. The number of H-pyrrole nitrogens is 1. The van der Waals surface area contributed by atoms with Crippen molar-refractivity contribution in [3.8, 4) is 5.75 Å². The van der Waals surface area contributed by atoms with Crippen molar-refractivity contribution in [1.82, 2.24) is 10.2 Å². The zero-order valence-corrected chi connectivity index (χ0v) is 9.03. The van der Waals surface area contributed by atoms with Crippen LogP contribution >= 0.6 is 0 Å². The number of aromatic amines is 1. The van der Waals surface area contributed by atoms with Gasteiger partial charge in [-0.2, -0.15) is 5.10 Å². The SMILES string of the molecule is COc1cc(N)cc(NCc2ccn[nH]2)c1. The highest BCUT2D eigenvalue weighted by Gasteiger charge is 1.99. The van der Waals surface area contributed by atoms with Crippen molar-refractivity contribution in [2.24, 2.45) is 0 Å². The number of benzene rings is 1. The van der Waals surface area contributed by atoms with Crippen molar-refractivity contribution in [2.75, 3.05) is 18.2 Å². The molecule has 0 saturated carbocycles. The average molecular weight is 218 g/mol. The lowest BCUT2D eigenvalue weighted by Crippen LogP contribution is -2.01. The Morgan fingerprint density at radius 1 is 1.44 bits per heavy atom. The van der Waals surface area contributed by atoms with E-state index in [4.69, 9.17) is 10.5 Å². The minimum Gasteiger partial charge on any atom is -0.497 e. The number of methoxy groups -OCH3 is 1. The van der Waals surface area contributed by atoms with Crippen molar-refractivity contribution in [3.63, 3.8) is 0 Å². The molecule has 0 aliphatic carbocycles. The molecular formula is C11H14N4O. The van der Waals surface area contributed by atoms with Gasteiger partial charge in [-0.3, -0.25) is 5.10 Å². The van der Waals surface area contributed by atoms with Crippen LogP contribution in [0.25, 0.3) is 0 Å². The second-order valence-corrected chi connectivity index (χ2v) is 3.43. The number of nitrogens with two attached hydrogens (primary N) is 1. The smallest absolute Gasteiger partial charge is 0.122 e. The van der Waals surface area contributed by atoms with E-state index >= 15 is 0 Å². The van der Waals surface area contributed by atoms with Crippen LogP contribution in [0.4, 0.5) is 11.4 Å². The van der Waals surface area contributed by atoms with E-state index in [2.05, 4.69) is 15.5 Å². The predicted octanol–water partition coefficient (Wildman–Crippen LogP) is 1.61. The van der Waals surface area contributed by atoms with Crippen LogP contribution in [-0.4, -0.2) is 17.3 Å². The molecule has 2 aromatic rings. The maximum atomic E-state index is 5.74. The fraction of sp³-hybridized carbons (Fsp3) is 0.182. The summed E-state index contributed by atoms with van der Waals surface area (Å²) in [4.78, 5) is 0. The molecular weight excluding hydrogens is 204 g/mol. The molecule has 0 fully saturated rings. The largest absolute Gasteiger partial charge is 0.497 e. The van der Waals surface area contributed by atoms with E-state index in [-0.39, 0.29) is 0 Å². The molecule has 0 unspecified atom stereocenters. The van der Waals surface area contributed by atoms with Crippen LogP contribution in [0.5, 0.6) is 5.75 Å². The van der Waals surface area contributed by atoms with Gasteiger partial charge in [-0.1, -0.05) is 0 Å². The molecule has 0 amide bonds. The summed E-state index contributed by atoms with van der Waals surface area (Å²) in [7, 11) is 1.62. The zero-order valence-electron chi connectivity index (χ0n) is 9.03. The molecule has 2 rings (SSSR count). The van der Waals surface area contributed by atoms with Crippen LogP contribution in [0.15, 0.2) is 30.5 Å². The first-order chi connectivity index (χ1) is 7.78. The van der Waals surface area contributed by atoms with Gasteiger partial charge < -0.3 is 15.8 Å². The predicted molar refractivity (Wildman–Crippen MR) is 63.3 cm³/mol. The van der Waals surface area contributed by atoms with Gasteiger partial charge in [-0.25, -0.2) is 0 Å². The Labute approximate surface area is 93.6 Å². The molecule has 1 aromatic heterocycles. The summed E-state index contributed by atoms with van der Waals surface area (Å²) in [6.07, 6.45) is 1.72. The fourth-order valence-corrected chi connectivity index (χ4v) is 1.42. The molecule has 1 aromatic carbocycles. The maximum Gasteiger partial charge on any atom is 0.122 e. The number of hydrogen-bond acceptors (Lipinski definition) is 4. The van der Waals surface area contributed by atoms with E-state index in [0.29, 0.717) is 12.2 Å². The van der Waals surface area contributed by atoms with Crippen molar-refractivity contribution >= 4 is 11.4 Å². The molecule has 0 radical (unpaired) electrons. The molecule has 84 valence electrons. The number of aromatic nitrogens is 2. The Bertz CT molecular complexity index is 453. The highest BCUT2D eigenvalue weighted by atomic mass is 16.5. The first-order valence-corrected chi connectivity index (χ1v) is 4.94. The van der Waals surface area contributed by atoms with Crippen molar-refractivity contribution in [3.05, 3.63) is 36.2 Å². The first kappa shape index (κ1) is 10.4. The van der Waals surface area contributed by atoms with Crippen molar-refractivity contribution < 1.29 is 4.74 Å². The van der Waals surface area contributed by atoms with E-state index in [0.717, 1.165) is 17.1 Å². The zero-order chi connectivity index (χ0) is 11.4. The first-order valence-electron chi connectivity index (χ1n) is 4.94. The molecule has 0 aliphatic heterocycles. The molecule has 5 nitrogen and oxygen atoms in total. The van der Waals surface area contributed by atoms with E-state index in [1.54, 1.807) is 19.4 Å². The highest BCUT2D eigenvalue weighted by molar-refractivity contribution is 5.59. The van der Waals surface area contributed by atoms with Crippen LogP contribution in [-0.2, 0) is 6.54 Å². The fourth-order valence-electron chi connectivity index (χ4n) is 1.42. The molecule has 0 bridgehead atoms. The van der Waals surface area contributed by atoms with Crippen LogP contribution in [0.3, 0.4) is 0 Å².